The number of nitrogens with zero attached hydrogens (tertiary/aromatic N) is 2. The van der Waals surface area contributed by atoms with Gasteiger partial charge in [-0.2, -0.15) is 26.3 Å². The summed E-state index contributed by atoms with van der Waals surface area (Å²) in [6, 6.07) is -0.0994. The number of amides is 2. The van der Waals surface area contributed by atoms with Crippen LogP contribution in [0.2, 0.25) is 0 Å². The Kier molecular flexibility index (Phi) is 7.36. The molecule has 12 heteroatoms. The molecule has 1 unspecified atom stereocenters. The lowest BCUT2D eigenvalue weighted by atomic mass is 9.98. The van der Waals surface area contributed by atoms with E-state index in [9.17, 15) is 35.9 Å². The molecule has 0 radical (unpaired) electrons. The Balaban J connectivity index is 1.87. The van der Waals surface area contributed by atoms with Gasteiger partial charge in [-0.05, 0) is 64.3 Å². The maximum Gasteiger partial charge on any atom is 0.416 e. The summed E-state index contributed by atoms with van der Waals surface area (Å²) in [4.78, 5) is 28.4. The van der Waals surface area contributed by atoms with Gasteiger partial charge in [-0.25, -0.2) is 4.79 Å². The van der Waals surface area contributed by atoms with E-state index in [2.05, 4.69) is 0 Å². The van der Waals surface area contributed by atoms with E-state index in [0.717, 1.165) is 0 Å². The highest BCUT2D eigenvalue weighted by atomic mass is 19.4. The summed E-state index contributed by atoms with van der Waals surface area (Å²) < 4.78 is 90.9. The zero-order valence-electron chi connectivity index (χ0n) is 19.8. The van der Waals surface area contributed by atoms with Gasteiger partial charge in [0.1, 0.15) is 5.60 Å². The summed E-state index contributed by atoms with van der Waals surface area (Å²) in [7, 11) is 0. The van der Waals surface area contributed by atoms with Crippen LogP contribution in [0.5, 0.6) is 0 Å². The summed E-state index contributed by atoms with van der Waals surface area (Å²) >= 11 is 0. The van der Waals surface area contributed by atoms with Crippen molar-refractivity contribution in [3.63, 3.8) is 0 Å². The zero-order chi connectivity index (χ0) is 26.3. The minimum Gasteiger partial charge on any atom is -0.444 e. The third-order valence-corrected chi connectivity index (χ3v) is 5.70. The predicted octanol–water partition coefficient (Wildman–Crippen LogP) is 5.41. The van der Waals surface area contributed by atoms with Gasteiger partial charge in [0.05, 0.1) is 30.3 Å². The molecule has 2 atom stereocenters. The molecule has 1 aromatic carbocycles. The number of hydrogen-bond acceptors (Lipinski definition) is 4. The van der Waals surface area contributed by atoms with Crippen LogP contribution in [0, 0.1) is 0 Å². The first kappa shape index (κ1) is 27.1. The van der Waals surface area contributed by atoms with Crippen LogP contribution in [0.4, 0.5) is 31.1 Å². The van der Waals surface area contributed by atoms with E-state index in [4.69, 9.17) is 9.47 Å². The zero-order valence-corrected chi connectivity index (χ0v) is 19.8. The first-order valence-electron chi connectivity index (χ1n) is 11.2. The Morgan fingerprint density at radius 1 is 1.03 bits per heavy atom. The highest BCUT2D eigenvalue weighted by Gasteiger charge is 2.43. The maximum absolute atomic E-state index is 13.4. The number of benzene rings is 1. The van der Waals surface area contributed by atoms with Crippen LogP contribution in [-0.2, 0) is 26.6 Å². The van der Waals surface area contributed by atoms with Crippen LogP contribution >= 0.6 is 0 Å². The van der Waals surface area contributed by atoms with Gasteiger partial charge >= 0.3 is 18.4 Å². The minimum atomic E-state index is -5.00. The average molecular weight is 510 g/mol. The third kappa shape index (κ3) is 6.80. The summed E-state index contributed by atoms with van der Waals surface area (Å²) in [6.45, 7) is 6.53. The van der Waals surface area contributed by atoms with Crippen molar-refractivity contribution in [2.24, 2.45) is 0 Å². The van der Waals surface area contributed by atoms with E-state index in [-0.39, 0.29) is 37.4 Å². The van der Waals surface area contributed by atoms with E-state index >= 15 is 0 Å². The Labute approximate surface area is 199 Å². The van der Waals surface area contributed by atoms with Crippen molar-refractivity contribution in [2.45, 2.75) is 76.7 Å². The molecule has 0 N–H and O–H groups in total. The largest absolute Gasteiger partial charge is 0.444 e. The summed E-state index contributed by atoms with van der Waals surface area (Å²) in [5.74, 6) is -0.598. The fraction of sp³-hybridized carbons (Fsp3) is 0.652. The Morgan fingerprint density at radius 3 is 2.03 bits per heavy atom. The van der Waals surface area contributed by atoms with E-state index in [1.165, 1.54) is 16.7 Å². The smallest absolute Gasteiger partial charge is 0.416 e. The van der Waals surface area contributed by atoms with E-state index in [0.29, 0.717) is 25.0 Å². The van der Waals surface area contributed by atoms with Gasteiger partial charge in [-0.3, -0.25) is 4.79 Å². The molecule has 0 spiro atoms. The standard InChI is InChI=1S/C23H28F6N2O4/c1-13(14-9-15(22(24,25)26)11-16(10-14)23(27,28)29)31(17-5-6-17)19(32)18-12-30(7-8-34-18)20(33)35-21(2,3)4/h9-11,13,17-18H,5-8,12H2,1-4H3/t13?,18-/m1/s1. The molecular formula is C23H28F6N2O4. The van der Waals surface area contributed by atoms with Crippen LogP contribution in [-0.4, -0.2) is 59.2 Å². The fourth-order valence-electron chi connectivity index (χ4n) is 3.88. The van der Waals surface area contributed by atoms with Crippen LogP contribution < -0.4 is 0 Å². The van der Waals surface area contributed by atoms with Gasteiger partial charge in [0, 0.05) is 12.6 Å². The Hall–Kier alpha value is -2.50. The molecular weight excluding hydrogens is 482 g/mol. The van der Waals surface area contributed by atoms with Gasteiger partial charge in [0.15, 0.2) is 6.10 Å². The number of carbonyl (C=O) groups is 2. The van der Waals surface area contributed by atoms with Crippen LogP contribution in [0.15, 0.2) is 18.2 Å². The number of hydrogen-bond donors (Lipinski definition) is 0. The minimum absolute atomic E-state index is 0.0321. The molecule has 3 rings (SSSR count). The highest BCUT2D eigenvalue weighted by Crippen LogP contribution is 2.41. The molecule has 196 valence electrons. The third-order valence-electron chi connectivity index (χ3n) is 5.70. The Morgan fingerprint density at radius 2 is 1.57 bits per heavy atom. The number of rotatable bonds is 4. The van der Waals surface area contributed by atoms with Gasteiger partial charge in [0.25, 0.3) is 5.91 Å². The topological polar surface area (TPSA) is 59.1 Å². The van der Waals surface area contributed by atoms with Crippen molar-refractivity contribution in [1.82, 2.24) is 9.80 Å². The monoisotopic (exact) mass is 510 g/mol. The van der Waals surface area contributed by atoms with Crippen LogP contribution in [0.25, 0.3) is 0 Å². The SMILES string of the molecule is CC(c1cc(C(F)(F)F)cc(C(F)(F)F)c1)N(C(=O)[C@H]1CN(C(=O)OC(C)(C)C)CCO1)C1CC1. The second kappa shape index (κ2) is 9.51. The number of halogens is 6. The Bertz CT molecular complexity index is 921. The van der Waals surface area contributed by atoms with Gasteiger partial charge < -0.3 is 19.3 Å². The van der Waals surface area contributed by atoms with Gasteiger partial charge in [0.2, 0.25) is 0 Å². The van der Waals surface area contributed by atoms with E-state index in [1.54, 1.807) is 20.8 Å². The lowest BCUT2D eigenvalue weighted by molar-refractivity contribution is -0.151. The molecule has 2 aliphatic rings. The average Bonchev–Trinajstić information content (AvgIpc) is 3.56. The van der Waals surface area contributed by atoms with E-state index < -0.39 is 53.2 Å². The van der Waals surface area contributed by atoms with Crippen molar-refractivity contribution >= 4 is 12.0 Å². The molecule has 1 saturated carbocycles. The lowest BCUT2D eigenvalue weighted by Gasteiger charge is -2.38. The molecule has 1 heterocycles. The normalized spacial score (nSPS) is 20.4. The van der Waals surface area contributed by atoms with E-state index in [1.807, 2.05) is 0 Å². The molecule has 0 bridgehead atoms. The maximum atomic E-state index is 13.4. The number of carbonyl (C=O) groups excluding carboxylic acids is 2. The highest BCUT2D eigenvalue weighted by molar-refractivity contribution is 5.83. The predicted molar refractivity (Wildman–Crippen MR) is 112 cm³/mol. The molecule has 0 aromatic heterocycles. The summed E-state index contributed by atoms with van der Waals surface area (Å²) in [6.07, 6.45) is -10.6. The molecule has 1 aliphatic carbocycles. The molecule has 6 nitrogen and oxygen atoms in total. The second-order valence-corrected chi connectivity index (χ2v) is 9.78. The molecule has 1 aromatic rings. The first-order valence-corrected chi connectivity index (χ1v) is 11.2. The van der Waals surface area contributed by atoms with Crippen molar-refractivity contribution in [3.05, 3.63) is 34.9 Å². The molecule has 35 heavy (non-hydrogen) atoms. The van der Waals surface area contributed by atoms with Crippen molar-refractivity contribution in [3.8, 4) is 0 Å². The van der Waals surface area contributed by atoms with Crippen molar-refractivity contribution < 1.29 is 45.4 Å². The first-order chi connectivity index (χ1) is 16.0. The number of alkyl halides is 6. The number of ether oxygens (including phenoxy) is 2. The van der Waals surface area contributed by atoms with Gasteiger partial charge in [-0.15, -0.1) is 0 Å². The molecule has 2 fully saturated rings. The van der Waals surface area contributed by atoms with Crippen molar-refractivity contribution in [1.29, 1.82) is 0 Å². The lowest BCUT2D eigenvalue weighted by Crippen LogP contribution is -2.54. The number of morpholine rings is 1. The van der Waals surface area contributed by atoms with Gasteiger partial charge in [-0.1, -0.05) is 0 Å². The van der Waals surface area contributed by atoms with Crippen LogP contribution in [0.1, 0.15) is 63.3 Å². The molecule has 1 saturated heterocycles. The summed E-state index contributed by atoms with van der Waals surface area (Å²) in [5.41, 5.74) is -3.93. The van der Waals surface area contributed by atoms with Crippen LogP contribution in [0.3, 0.4) is 0 Å². The van der Waals surface area contributed by atoms with Crippen molar-refractivity contribution in [2.75, 3.05) is 19.7 Å². The fourth-order valence-corrected chi connectivity index (χ4v) is 3.88. The quantitative estimate of drug-likeness (QED) is 0.509. The molecule has 2 amide bonds. The molecule has 1 aliphatic heterocycles. The summed E-state index contributed by atoms with van der Waals surface area (Å²) in [5, 5.41) is 0. The second-order valence-electron chi connectivity index (χ2n) is 9.78.